The number of carboxylic acid groups (broad SMARTS) is 2. The molecule has 19 heavy (non-hydrogen) atoms. The van der Waals surface area contributed by atoms with Crippen molar-refractivity contribution in [3.8, 4) is 0 Å². The van der Waals surface area contributed by atoms with E-state index in [2.05, 4.69) is 0 Å². The second-order valence-electron chi connectivity index (χ2n) is 4.71. The van der Waals surface area contributed by atoms with E-state index in [0.717, 1.165) is 6.42 Å². The minimum atomic E-state index is -1.10. The zero-order chi connectivity index (χ0) is 15.2. The third-order valence-electron chi connectivity index (χ3n) is 3.74. The van der Waals surface area contributed by atoms with Crippen LogP contribution in [0.15, 0.2) is 0 Å². The van der Waals surface area contributed by atoms with E-state index in [1.54, 1.807) is 16.8 Å². The molecule has 6 heteroatoms. The van der Waals surface area contributed by atoms with Crippen LogP contribution in [0.4, 0.5) is 0 Å². The van der Waals surface area contributed by atoms with E-state index in [0.29, 0.717) is 13.1 Å². The minimum absolute atomic E-state index is 0.0125. The SMILES string of the molecule is CCC(C)N(C)C(C(=O)O)C(C(=O)O)N(CC)CC. The molecule has 0 radical (unpaired) electrons. The molecule has 2 N–H and O–H groups in total. The normalized spacial score (nSPS) is 16.4. The zero-order valence-electron chi connectivity index (χ0n) is 12.5. The summed E-state index contributed by atoms with van der Waals surface area (Å²) < 4.78 is 0. The molecule has 0 aromatic carbocycles. The lowest BCUT2D eigenvalue weighted by Gasteiger charge is -2.37. The van der Waals surface area contributed by atoms with Crippen molar-refractivity contribution < 1.29 is 19.8 Å². The Labute approximate surface area is 115 Å². The first-order valence-corrected chi connectivity index (χ1v) is 6.73. The molecule has 0 amide bonds. The van der Waals surface area contributed by atoms with E-state index >= 15 is 0 Å². The van der Waals surface area contributed by atoms with Crippen LogP contribution in [0.1, 0.15) is 34.1 Å². The van der Waals surface area contributed by atoms with Gasteiger partial charge in [0.05, 0.1) is 0 Å². The molecule has 0 aromatic heterocycles. The maximum atomic E-state index is 11.5. The Morgan fingerprint density at radius 1 is 1.00 bits per heavy atom. The summed E-state index contributed by atoms with van der Waals surface area (Å²) in [6.45, 7) is 8.53. The third-order valence-corrected chi connectivity index (χ3v) is 3.74. The number of carboxylic acids is 2. The first kappa shape index (κ1) is 17.9. The van der Waals surface area contributed by atoms with E-state index in [1.165, 1.54) is 0 Å². The van der Waals surface area contributed by atoms with Gasteiger partial charge in [-0.15, -0.1) is 0 Å². The summed E-state index contributed by atoms with van der Waals surface area (Å²) in [6, 6.07) is -2.07. The van der Waals surface area contributed by atoms with Gasteiger partial charge in [0.15, 0.2) is 0 Å². The van der Waals surface area contributed by atoms with Crippen LogP contribution in [0.2, 0.25) is 0 Å². The van der Waals surface area contributed by atoms with Gasteiger partial charge in [-0.2, -0.15) is 0 Å². The Morgan fingerprint density at radius 3 is 1.68 bits per heavy atom. The fraction of sp³-hybridized carbons (Fsp3) is 0.846. The van der Waals surface area contributed by atoms with Crippen molar-refractivity contribution in [3.63, 3.8) is 0 Å². The molecule has 0 aromatic rings. The number of nitrogens with zero attached hydrogens (tertiary/aromatic N) is 2. The van der Waals surface area contributed by atoms with E-state index in [4.69, 9.17) is 0 Å². The molecule has 0 aliphatic carbocycles. The Hall–Kier alpha value is -1.14. The van der Waals surface area contributed by atoms with Crippen LogP contribution in [0, 0.1) is 0 Å². The van der Waals surface area contributed by atoms with Gasteiger partial charge in [-0.1, -0.05) is 20.8 Å². The summed E-state index contributed by atoms with van der Waals surface area (Å²) in [5, 5.41) is 18.8. The molecule has 0 aliphatic rings. The lowest BCUT2D eigenvalue weighted by Crippen LogP contribution is -2.59. The van der Waals surface area contributed by atoms with Gasteiger partial charge >= 0.3 is 11.9 Å². The minimum Gasteiger partial charge on any atom is -0.480 e. The second kappa shape index (κ2) is 8.12. The van der Waals surface area contributed by atoms with Crippen LogP contribution in [-0.4, -0.2) is 70.2 Å². The van der Waals surface area contributed by atoms with E-state index in [9.17, 15) is 19.8 Å². The van der Waals surface area contributed by atoms with Crippen molar-refractivity contribution in [3.05, 3.63) is 0 Å². The van der Waals surface area contributed by atoms with Crippen LogP contribution in [-0.2, 0) is 9.59 Å². The molecule has 0 saturated carbocycles. The quantitative estimate of drug-likeness (QED) is 0.652. The van der Waals surface area contributed by atoms with Crippen molar-refractivity contribution in [1.29, 1.82) is 0 Å². The highest BCUT2D eigenvalue weighted by Crippen LogP contribution is 2.15. The zero-order valence-corrected chi connectivity index (χ0v) is 12.5. The maximum absolute atomic E-state index is 11.5. The molecular weight excluding hydrogens is 248 g/mol. The lowest BCUT2D eigenvalue weighted by molar-refractivity contribution is -0.157. The molecule has 0 fully saturated rings. The molecule has 0 aliphatic heterocycles. The molecule has 0 heterocycles. The van der Waals surface area contributed by atoms with Crippen molar-refractivity contribution in [2.75, 3.05) is 20.1 Å². The average molecular weight is 274 g/mol. The summed E-state index contributed by atoms with van der Waals surface area (Å²) in [4.78, 5) is 26.3. The number of rotatable bonds is 9. The van der Waals surface area contributed by atoms with Crippen LogP contribution < -0.4 is 0 Å². The third kappa shape index (κ3) is 4.47. The standard InChI is InChI=1S/C13H26N2O4/c1-6-9(4)14(5)10(12(16)17)11(13(18)19)15(7-2)8-3/h9-11H,6-8H2,1-5H3,(H,16,17)(H,18,19). The average Bonchev–Trinajstić information content (AvgIpc) is 2.36. The molecular formula is C13H26N2O4. The molecule has 0 spiro atoms. The molecule has 3 atom stereocenters. The summed E-state index contributed by atoms with van der Waals surface area (Å²) in [7, 11) is 1.67. The number of hydrogen-bond donors (Lipinski definition) is 2. The Kier molecular flexibility index (Phi) is 7.63. The summed E-state index contributed by atoms with van der Waals surface area (Å²) in [5.74, 6) is -2.19. The number of aliphatic carboxylic acids is 2. The smallest absolute Gasteiger partial charge is 0.323 e. The van der Waals surface area contributed by atoms with Gasteiger partial charge in [0.25, 0.3) is 0 Å². The van der Waals surface area contributed by atoms with Crippen molar-refractivity contribution >= 4 is 11.9 Å². The van der Waals surface area contributed by atoms with Gasteiger partial charge in [-0.05, 0) is 33.5 Å². The highest BCUT2D eigenvalue weighted by molar-refractivity contribution is 5.85. The molecule has 6 nitrogen and oxygen atoms in total. The summed E-state index contributed by atoms with van der Waals surface area (Å²) in [5.41, 5.74) is 0. The van der Waals surface area contributed by atoms with Gasteiger partial charge in [0.1, 0.15) is 12.1 Å². The molecule has 0 rings (SSSR count). The number of carbonyl (C=O) groups is 2. The summed E-state index contributed by atoms with van der Waals surface area (Å²) in [6.07, 6.45) is 0.769. The van der Waals surface area contributed by atoms with Crippen LogP contribution in [0.5, 0.6) is 0 Å². The molecule has 0 saturated heterocycles. The van der Waals surface area contributed by atoms with Crippen LogP contribution >= 0.6 is 0 Å². The van der Waals surface area contributed by atoms with E-state index < -0.39 is 24.0 Å². The summed E-state index contributed by atoms with van der Waals surface area (Å²) >= 11 is 0. The number of hydrogen-bond acceptors (Lipinski definition) is 4. The Balaban J connectivity index is 5.41. The van der Waals surface area contributed by atoms with Gasteiger partial charge in [-0.3, -0.25) is 19.4 Å². The Morgan fingerprint density at radius 2 is 1.42 bits per heavy atom. The maximum Gasteiger partial charge on any atom is 0.323 e. The van der Waals surface area contributed by atoms with Crippen LogP contribution in [0.25, 0.3) is 0 Å². The first-order chi connectivity index (χ1) is 8.81. The van der Waals surface area contributed by atoms with Gasteiger partial charge in [0.2, 0.25) is 0 Å². The second-order valence-corrected chi connectivity index (χ2v) is 4.71. The highest BCUT2D eigenvalue weighted by atomic mass is 16.4. The predicted octanol–water partition coefficient (Wildman–Crippen LogP) is 0.965. The van der Waals surface area contributed by atoms with Crippen molar-refractivity contribution in [2.45, 2.75) is 52.2 Å². The lowest BCUT2D eigenvalue weighted by atomic mass is 10.0. The van der Waals surface area contributed by atoms with Crippen molar-refractivity contribution in [1.82, 2.24) is 9.80 Å². The largest absolute Gasteiger partial charge is 0.480 e. The monoisotopic (exact) mass is 274 g/mol. The fourth-order valence-corrected chi connectivity index (χ4v) is 2.20. The van der Waals surface area contributed by atoms with E-state index in [1.807, 2.05) is 27.7 Å². The fourth-order valence-electron chi connectivity index (χ4n) is 2.20. The van der Waals surface area contributed by atoms with Crippen LogP contribution in [0.3, 0.4) is 0 Å². The van der Waals surface area contributed by atoms with Gasteiger partial charge in [-0.25, -0.2) is 0 Å². The van der Waals surface area contributed by atoms with Gasteiger partial charge < -0.3 is 10.2 Å². The molecule has 112 valence electrons. The first-order valence-electron chi connectivity index (χ1n) is 6.73. The van der Waals surface area contributed by atoms with Gasteiger partial charge in [0, 0.05) is 6.04 Å². The highest BCUT2D eigenvalue weighted by Gasteiger charge is 2.41. The predicted molar refractivity (Wildman–Crippen MR) is 73.3 cm³/mol. The van der Waals surface area contributed by atoms with Crippen molar-refractivity contribution in [2.24, 2.45) is 0 Å². The molecule has 0 bridgehead atoms. The van der Waals surface area contributed by atoms with E-state index in [-0.39, 0.29) is 6.04 Å². The topological polar surface area (TPSA) is 81.1 Å². The Bertz CT molecular complexity index is 305. The molecule has 3 unspecified atom stereocenters. The number of likely N-dealkylation sites (N-methyl/N-ethyl adjacent to an activating group) is 2.